The number of hydrogen-bond acceptors (Lipinski definition) is 15. The molecular weight excluding hydrogens is 1010 g/mol. The second-order valence-electron chi connectivity index (χ2n) is 22.2. The predicted molar refractivity (Wildman–Crippen MR) is 284 cm³/mol. The van der Waals surface area contributed by atoms with Gasteiger partial charge >= 0.3 is 5.97 Å². The molecule has 3 N–H and O–H groups in total. The van der Waals surface area contributed by atoms with Crippen molar-refractivity contribution in [3.63, 3.8) is 0 Å². The van der Waals surface area contributed by atoms with Gasteiger partial charge in [0.1, 0.15) is 41.9 Å². The quantitative estimate of drug-likeness (QED) is 0.134. The number of halogens is 2. The van der Waals surface area contributed by atoms with Crippen molar-refractivity contribution in [3.8, 4) is 0 Å². The molecule has 18 heteroatoms. The van der Waals surface area contributed by atoms with Crippen LogP contribution in [0.25, 0.3) is 0 Å². The van der Waals surface area contributed by atoms with Gasteiger partial charge in [-0.3, -0.25) is 24.0 Å². The van der Waals surface area contributed by atoms with Crippen molar-refractivity contribution in [1.29, 1.82) is 0 Å². The first kappa shape index (κ1) is 60.7. The molecule has 16 nitrogen and oxygen atoms in total. The lowest BCUT2D eigenvalue weighted by atomic mass is 9.78. The normalized spacial score (nSPS) is 37.2. The number of Topliss-reactive ketones (excluding diaryl/α,β-unsaturated/α-hetero) is 3. The minimum Gasteiger partial charge on any atom is -0.460 e. The predicted octanol–water partition coefficient (Wildman–Crippen LogP) is 8.12. The van der Waals surface area contributed by atoms with Crippen LogP contribution in [-0.4, -0.2) is 144 Å². The Hall–Kier alpha value is -3.55. The summed E-state index contributed by atoms with van der Waals surface area (Å²) in [6, 6.07) is 3.51. The van der Waals surface area contributed by atoms with E-state index in [0.29, 0.717) is 79.1 Å². The van der Waals surface area contributed by atoms with Crippen LogP contribution in [0.2, 0.25) is 10.0 Å². The molecule has 17 atom stereocenters. The molecule has 0 aromatic heterocycles. The van der Waals surface area contributed by atoms with Crippen LogP contribution in [0.3, 0.4) is 0 Å². The van der Waals surface area contributed by atoms with Gasteiger partial charge in [0.25, 0.3) is 11.7 Å². The number of benzene rings is 1. The van der Waals surface area contributed by atoms with Gasteiger partial charge in [0.05, 0.1) is 40.5 Å². The molecule has 75 heavy (non-hydrogen) atoms. The van der Waals surface area contributed by atoms with Crippen LogP contribution >= 0.6 is 23.2 Å². The molecule has 5 heterocycles. The van der Waals surface area contributed by atoms with E-state index in [0.717, 1.165) is 5.57 Å². The zero-order valence-electron chi connectivity index (χ0n) is 45.5. The van der Waals surface area contributed by atoms with Crippen molar-refractivity contribution >= 4 is 58.1 Å². The van der Waals surface area contributed by atoms with Crippen LogP contribution in [0.4, 0.5) is 5.69 Å². The van der Waals surface area contributed by atoms with Crippen molar-refractivity contribution in [2.45, 2.75) is 192 Å². The average molecular weight is 1090 g/mol. The minimum absolute atomic E-state index is 0.0561. The number of carbonyl (C=O) groups excluding carboxylic acids is 5. The zero-order valence-corrected chi connectivity index (χ0v) is 47.0. The molecule has 1 amide bonds. The molecule has 7 rings (SSSR count). The number of aliphatic hydroxyl groups excluding tert-OH is 2. The number of aliphatic hydroxyl groups is 3. The Morgan fingerprint density at radius 3 is 2.21 bits per heavy atom. The van der Waals surface area contributed by atoms with Gasteiger partial charge in [0.2, 0.25) is 5.79 Å². The zero-order chi connectivity index (χ0) is 55.1. The number of amides is 1. The lowest BCUT2D eigenvalue weighted by Gasteiger charge is -2.43. The van der Waals surface area contributed by atoms with E-state index in [1.54, 1.807) is 71.3 Å². The van der Waals surface area contributed by atoms with Gasteiger partial charge in [-0.15, -0.1) is 0 Å². The van der Waals surface area contributed by atoms with E-state index in [9.17, 15) is 39.3 Å². The van der Waals surface area contributed by atoms with E-state index in [1.807, 2.05) is 39.0 Å². The minimum atomic E-state index is -2.50. The van der Waals surface area contributed by atoms with Gasteiger partial charge < -0.3 is 43.9 Å². The smallest absolute Gasteiger partial charge is 0.329 e. The fraction of sp³-hybridized carbons (Fsp3) is 0.702. The summed E-state index contributed by atoms with van der Waals surface area (Å²) >= 11 is 13.6. The Morgan fingerprint density at radius 2 is 1.55 bits per heavy atom. The lowest BCUT2D eigenvalue weighted by Crippen LogP contribution is -2.61. The Labute approximate surface area is 453 Å². The van der Waals surface area contributed by atoms with Crippen molar-refractivity contribution < 1.29 is 67.8 Å². The maximum Gasteiger partial charge on any atom is 0.329 e. The molecule has 1 aliphatic carbocycles. The number of allylic oxidation sites excluding steroid dienone is 1. The van der Waals surface area contributed by atoms with Crippen LogP contribution < -0.4 is 5.06 Å². The fourth-order valence-corrected chi connectivity index (χ4v) is 12.4. The summed E-state index contributed by atoms with van der Waals surface area (Å²) in [5.41, 5.74) is 1.53. The summed E-state index contributed by atoms with van der Waals surface area (Å²) in [6.45, 7) is 12.6. The highest BCUT2D eigenvalue weighted by atomic mass is 35.5. The van der Waals surface area contributed by atoms with E-state index in [2.05, 4.69) is 0 Å². The third kappa shape index (κ3) is 14.4. The van der Waals surface area contributed by atoms with Crippen LogP contribution in [0.5, 0.6) is 0 Å². The van der Waals surface area contributed by atoms with Gasteiger partial charge in [0, 0.05) is 58.5 Å². The number of anilines is 1. The van der Waals surface area contributed by atoms with Gasteiger partial charge in [-0.1, -0.05) is 82.1 Å². The SMILES string of the molecule is CO[C@H]1C[C@@H]2CC[C@@H](C)[C@@](O)(O2)C(=O)C(=O)N2CCCC[C@H]2C(=O)O[C@H]([C@H](C)C[C@@H]2CC[C@@H](O)[C@H](OC)C2)CC(=O)[C@H](C)C=C(C)[C@@H](O)[C@@H](OC)C(=O)[C@H](C)C[C@H](C)[C@@H]2C=C[C@H](C=C1C)ON2c1c(Cl)cccc1Cl. The standard InChI is InChI=1S/C57H82Cl2N2O14/c1-31-24-35(5)51(64)53(72-10)52(65)36(6)25-32(2)46(63)30-48(33(3)26-38-18-22-45(62)49(28-38)71-9)73-56(68)44-16-11-12-23-60(44)55(67)54(66)57(69)37(7)17-19-39(74-57)29-47(70-8)34(4)27-40-20-21-43(31)61(75-40)50-41(58)14-13-15-42(50)59/h13-15,20-21,25,27,31-33,35,37-40,43-45,47-49,52-53,62,65,69H,11-12,16-19,22-24,26,28-30H2,1-10H3/t31-,32+,33+,35+,37+,38-,39-,40+,43-,44-,45+,47-,48-,49+,52+,53-,57+/m0/s1. The molecule has 5 aliphatic heterocycles. The number of esters is 1. The molecule has 6 aliphatic rings. The number of methoxy groups -OCH3 is 3. The van der Waals surface area contributed by atoms with Gasteiger partial charge in [-0.25, -0.2) is 9.86 Å². The number of nitrogens with zero attached hydrogens (tertiary/aromatic N) is 2. The summed E-state index contributed by atoms with van der Waals surface area (Å²) in [5.74, 6) is -8.85. The van der Waals surface area contributed by atoms with E-state index >= 15 is 0 Å². The summed E-state index contributed by atoms with van der Waals surface area (Å²) in [5, 5.41) is 36.8. The molecule has 4 bridgehead atoms. The van der Waals surface area contributed by atoms with E-state index in [-0.39, 0.29) is 61.2 Å². The lowest BCUT2D eigenvalue weighted by molar-refractivity contribution is -0.265. The highest BCUT2D eigenvalue weighted by molar-refractivity contribution is 6.39. The van der Waals surface area contributed by atoms with Crippen LogP contribution in [0, 0.1) is 35.5 Å². The molecule has 3 fully saturated rings. The molecule has 0 radical (unpaired) electrons. The van der Waals surface area contributed by atoms with Gasteiger partial charge in [-0.2, -0.15) is 0 Å². The summed E-state index contributed by atoms with van der Waals surface area (Å²) in [6.07, 6.45) is 5.60. The van der Waals surface area contributed by atoms with Gasteiger partial charge in [-0.05, 0) is 125 Å². The Morgan fingerprint density at radius 1 is 0.840 bits per heavy atom. The van der Waals surface area contributed by atoms with E-state index in [4.69, 9.17) is 51.7 Å². The number of carbonyl (C=O) groups is 5. The fourth-order valence-electron chi connectivity index (χ4n) is 11.9. The third-order valence-electron chi connectivity index (χ3n) is 16.6. The first-order valence-corrected chi connectivity index (χ1v) is 27.7. The molecule has 418 valence electrons. The molecule has 1 aromatic carbocycles. The van der Waals surface area contributed by atoms with Crippen molar-refractivity contribution in [1.82, 2.24) is 4.90 Å². The third-order valence-corrected chi connectivity index (χ3v) is 17.2. The second-order valence-corrected chi connectivity index (χ2v) is 23.0. The average Bonchev–Trinajstić information content (AvgIpc) is 3.38. The topological polar surface area (TPSA) is 208 Å². The largest absolute Gasteiger partial charge is 0.460 e. The van der Waals surface area contributed by atoms with Crippen molar-refractivity contribution in [3.05, 3.63) is 63.7 Å². The Bertz CT molecular complexity index is 2250. The number of rotatable bonds is 7. The first-order chi connectivity index (χ1) is 35.5. The molecule has 0 spiro atoms. The highest BCUT2D eigenvalue weighted by Crippen LogP contribution is 2.41. The number of para-hydroxylation sites is 1. The first-order valence-electron chi connectivity index (χ1n) is 26.9. The number of hydroxylamine groups is 1. The van der Waals surface area contributed by atoms with E-state index < -0.39 is 96.0 Å². The molecular formula is C57H82Cl2N2O14. The number of ketones is 3. The van der Waals surface area contributed by atoms with Crippen LogP contribution in [0.15, 0.2) is 53.6 Å². The number of hydrogen-bond donors (Lipinski definition) is 3. The molecule has 1 aromatic rings. The van der Waals surface area contributed by atoms with Crippen molar-refractivity contribution in [2.75, 3.05) is 32.9 Å². The highest BCUT2D eigenvalue weighted by Gasteiger charge is 2.53. The summed E-state index contributed by atoms with van der Waals surface area (Å²) in [4.78, 5) is 79.9. The molecule has 2 saturated heterocycles. The Kier molecular flexibility index (Phi) is 21.7. The number of ether oxygens (including phenoxy) is 5. The monoisotopic (exact) mass is 1090 g/mol. The number of fused-ring (bicyclic) bond motifs is 16. The molecule has 1 saturated carbocycles. The van der Waals surface area contributed by atoms with Crippen LogP contribution in [0.1, 0.15) is 126 Å². The van der Waals surface area contributed by atoms with E-state index in [1.165, 1.54) is 12.0 Å². The number of piperidine rings is 1. The van der Waals surface area contributed by atoms with Crippen molar-refractivity contribution in [2.24, 2.45) is 35.5 Å². The second kappa shape index (κ2) is 26.9. The van der Waals surface area contributed by atoms with Crippen LogP contribution in [-0.2, 0) is 52.5 Å². The summed E-state index contributed by atoms with van der Waals surface area (Å²) in [7, 11) is 4.47. The maximum atomic E-state index is 14.5. The Balaban J connectivity index is 1.37. The summed E-state index contributed by atoms with van der Waals surface area (Å²) < 4.78 is 29.8. The van der Waals surface area contributed by atoms with Gasteiger partial charge in [0.15, 0.2) is 5.78 Å². The molecule has 0 unspecified atom stereocenters. The maximum absolute atomic E-state index is 14.5.